The highest BCUT2D eigenvalue weighted by atomic mass is 16.5. The molecule has 176 valence electrons. The van der Waals surface area contributed by atoms with E-state index in [4.69, 9.17) is 24.3 Å². The number of nitrogens with zero attached hydrogens (tertiary/aromatic N) is 4. The van der Waals surface area contributed by atoms with Crippen molar-refractivity contribution in [3.05, 3.63) is 72.1 Å². The van der Waals surface area contributed by atoms with Gasteiger partial charge in [0.1, 0.15) is 23.9 Å². The van der Waals surface area contributed by atoms with E-state index < -0.39 is 0 Å². The Kier molecular flexibility index (Phi) is 6.62. The molecule has 7 nitrogen and oxygen atoms in total. The number of pyridine rings is 1. The van der Waals surface area contributed by atoms with Gasteiger partial charge >= 0.3 is 0 Å². The molecule has 1 fully saturated rings. The molecule has 0 N–H and O–H groups in total. The highest BCUT2D eigenvalue weighted by Crippen LogP contribution is 2.33. The molecule has 2 aromatic heterocycles. The smallest absolute Gasteiger partial charge is 0.156 e. The van der Waals surface area contributed by atoms with E-state index in [1.54, 1.807) is 14.2 Å². The minimum atomic E-state index is 0.643. The molecule has 2 aromatic carbocycles. The fourth-order valence-electron chi connectivity index (χ4n) is 4.43. The number of fused-ring (bicyclic) bond motifs is 1. The third-order valence-corrected chi connectivity index (χ3v) is 6.25. The number of benzene rings is 2. The van der Waals surface area contributed by atoms with Gasteiger partial charge in [0, 0.05) is 18.5 Å². The van der Waals surface area contributed by atoms with Crippen LogP contribution in [0.25, 0.3) is 16.9 Å². The van der Waals surface area contributed by atoms with Gasteiger partial charge in [-0.3, -0.25) is 4.90 Å². The molecule has 5 rings (SSSR count). The zero-order valence-electron chi connectivity index (χ0n) is 19.7. The quantitative estimate of drug-likeness (QED) is 0.369. The van der Waals surface area contributed by atoms with Crippen molar-refractivity contribution in [1.82, 2.24) is 19.5 Å². The largest absolute Gasteiger partial charge is 0.497 e. The molecular formula is C27H30N4O3. The Hall–Kier alpha value is -3.58. The zero-order valence-corrected chi connectivity index (χ0v) is 19.7. The fourth-order valence-corrected chi connectivity index (χ4v) is 4.43. The maximum atomic E-state index is 5.93. The van der Waals surface area contributed by atoms with Crippen LogP contribution >= 0.6 is 0 Å². The van der Waals surface area contributed by atoms with Crippen molar-refractivity contribution in [3.8, 4) is 28.5 Å². The summed E-state index contributed by atoms with van der Waals surface area (Å²) < 4.78 is 18.8. The van der Waals surface area contributed by atoms with Gasteiger partial charge in [0.2, 0.25) is 0 Å². The number of hydrogen-bond donors (Lipinski definition) is 0. The summed E-state index contributed by atoms with van der Waals surface area (Å²) in [6.45, 7) is 4.11. The molecule has 0 spiro atoms. The highest BCUT2D eigenvalue weighted by molar-refractivity contribution is 5.71. The van der Waals surface area contributed by atoms with Gasteiger partial charge in [-0.1, -0.05) is 18.2 Å². The standard InChI is InChI=1S/C27H30N4O3/c1-32-22-12-13-25(33-2)23(19-22)24-6-5-7-27-28-26(29-31(24)27)18-20-8-10-21(11-9-20)34-17-16-30-14-3-4-15-30/h5-13,19H,3-4,14-18H2,1-2H3. The lowest BCUT2D eigenvalue weighted by Crippen LogP contribution is -2.25. The summed E-state index contributed by atoms with van der Waals surface area (Å²) in [5.74, 6) is 3.18. The average molecular weight is 459 g/mol. The Labute approximate surface area is 199 Å². The summed E-state index contributed by atoms with van der Waals surface area (Å²) in [4.78, 5) is 7.21. The van der Waals surface area contributed by atoms with Crippen LogP contribution < -0.4 is 14.2 Å². The Morgan fingerprint density at radius 2 is 1.68 bits per heavy atom. The number of rotatable bonds is 9. The summed E-state index contributed by atoms with van der Waals surface area (Å²) in [6, 6.07) is 19.9. The monoisotopic (exact) mass is 458 g/mol. The fraction of sp³-hybridized carbons (Fsp3) is 0.333. The Morgan fingerprint density at radius 1 is 0.882 bits per heavy atom. The lowest BCUT2D eigenvalue weighted by molar-refractivity contribution is 0.238. The molecule has 3 heterocycles. The van der Waals surface area contributed by atoms with Crippen LogP contribution in [0.5, 0.6) is 17.2 Å². The zero-order chi connectivity index (χ0) is 23.3. The average Bonchev–Trinajstić information content (AvgIpc) is 3.54. The maximum Gasteiger partial charge on any atom is 0.156 e. The van der Waals surface area contributed by atoms with Gasteiger partial charge in [-0.2, -0.15) is 5.10 Å². The number of aromatic nitrogens is 3. The number of methoxy groups -OCH3 is 2. The van der Waals surface area contributed by atoms with Crippen LogP contribution in [-0.4, -0.2) is 60.0 Å². The number of ether oxygens (including phenoxy) is 3. The minimum absolute atomic E-state index is 0.643. The van der Waals surface area contributed by atoms with Gasteiger partial charge < -0.3 is 14.2 Å². The second-order valence-corrected chi connectivity index (χ2v) is 8.49. The number of likely N-dealkylation sites (tertiary alicyclic amines) is 1. The van der Waals surface area contributed by atoms with Crippen LogP contribution in [-0.2, 0) is 6.42 Å². The van der Waals surface area contributed by atoms with E-state index in [0.29, 0.717) is 6.42 Å². The van der Waals surface area contributed by atoms with Crippen molar-refractivity contribution in [3.63, 3.8) is 0 Å². The van der Waals surface area contributed by atoms with E-state index >= 15 is 0 Å². The van der Waals surface area contributed by atoms with Crippen LogP contribution in [0.15, 0.2) is 60.7 Å². The summed E-state index contributed by atoms with van der Waals surface area (Å²) in [5, 5.41) is 4.80. The van der Waals surface area contributed by atoms with Crippen molar-refractivity contribution < 1.29 is 14.2 Å². The minimum Gasteiger partial charge on any atom is -0.497 e. The molecule has 0 atom stereocenters. The molecule has 0 bridgehead atoms. The summed E-state index contributed by atoms with van der Waals surface area (Å²) in [5.41, 5.74) is 3.73. The van der Waals surface area contributed by atoms with E-state index in [1.807, 2.05) is 53.0 Å². The van der Waals surface area contributed by atoms with Crippen LogP contribution in [0, 0.1) is 0 Å². The van der Waals surface area contributed by atoms with Crippen molar-refractivity contribution >= 4 is 5.65 Å². The molecule has 0 amide bonds. The molecule has 1 aliphatic rings. The Balaban J connectivity index is 1.32. The van der Waals surface area contributed by atoms with Gasteiger partial charge in [-0.05, 0) is 74.0 Å². The van der Waals surface area contributed by atoms with Gasteiger partial charge in [0.05, 0.1) is 19.9 Å². The lowest BCUT2D eigenvalue weighted by Gasteiger charge is -2.14. The molecule has 0 aliphatic carbocycles. The topological polar surface area (TPSA) is 61.1 Å². The van der Waals surface area contributed by atoms with Gasteiger partial charge in [-0.25, -0.2) is 9.50 Å². The third-order valence-electron chi connectivity index (χ3n) is 6.25. The first-order valence-electron chi connectivity index (χ1n) is 11.7. The van der Waals surface area contributed by atoms with Crippen molar-refractivity contribution in [2.24, 2.45) is 0 Å². The van der Waals surface area contributed by atoms with Crippen LogP contribution in [0.3, 0.4) is 0 Å². The lowest BCUT2D eigenvalue weighted by atomic mass is 10.1. The maximum absolute atomic E-state index is 5.93. The predicted octanol–water partition coefficient (Wildman–Crippen LogP) is 4.48. The molecule has 1 aliphatic heterocycles. The second-order valence-electron chi connectivity index (χ2n) is 8.49. The van der Waals surface area contributed by atoms with E-state index in [0.717, 1.165) is 58.7 Å². The third kappa shape index (κ3) is 4.84. The summed E-state index contributed by atoms with van der Waals surface area (Å²) >= 11 is 0. The van der Waals surface area contributed by atoms with Crippen LogP contribution in [0.1, 0.15) is 24.2 Å². The molecule has 0 radical (unpaired) electrons. The van der Waals surface area contributed by atoms with E-state index in [-0.39, 0.29) is 0 Å². The highest BCUT2D eigenvalue weighted by Gasteiger charge is 2.14. The first-order valence-corrected chi connectivity index (χ1v) is 11.7. The van der Waals surface area contributed by atoms with E-state index in [1.165, 1.54) is 25.9 Å². The normalized spacial score (nSPS) is 13.9. The van der Waals surface area contributed by atoms with Crippen molar-refractivity contribution in [2.45, 2.75) is 19.3 Å². The Morgan fingerprint density at radius 3 is 2.44 bits per heavy atom. The molecule has 0 saturated carbocycles. The summed E-state index contributed by atoms with van der Waals surface area (Å²) in [6.07, 6.45) is 3.26. The molecule has 4 aromatic rings. The van der Waals surface area contributed by atoms with Crippen LogP contribution in [0.2, 0.25) is 0 Å². The van der Waals surface area contributed by atoms with Gasteiger partial charge in [0.25, 0.3) is 0 Å². The number of hydrogen-bond acceptors (Lipinski definition) is 6. The first-order chi connectivity index (χ1) is 16.7. The first kappa shape index (κ1) is 22.2. The second kappa shape index (κ2) is 10.1. The summed E-state index contributed by atoms with van der Waals surface area (Å²) in [7, 11) is 3.32. The Bertz CT molecular complexity index is 1250. The van der Waals surface area contributed by atoms with Gasteiger partial charge in [0.15, 0.2) is 11.5 Å². The molecule has 34 heavy (non-hydrogen) atoms. The van der Waals surface area contributed by atoms with Crippen LogP contribution in [0.4, 0.5) is 0 Å². The predicted molar refractivity (Wildman–Crippen MR) is 132 cm³/mol. The molecule has 7 heteroatoms. The van der Waals surface area contributed by atoms with E-state index in [9.17, 15) is 0 Å². The molecular weight excluding hydrogens is 428 g/mol. The van der Waals surface area contributed by atoms with E-state index in [2.05, 4.69) is 17.0 Å². The SMILES string of the molecule is COc1ccc(OC)c(-c2cccc3nc(Cc4ccc(OCCN5CCCC5)cc4)nn23)c1. The molecule has 1 saturated heterocycles. The van der Waals surface area contributed by atoms with Crippen molar-refractivity contribution in [1.29, 1.82) is 0 Å². The van der Waals surface area contributed by atoms with Gasteiger partial charge in [-0.15, -0.1) is 0 Å². The molecule has 0 unspecified atom stereocenters. The van der Waals surface area contributed by atoms with Crippen molar-refractivity contribution in [2.75, 3.05) is 40.5 Å².